The highest BCUT2D eigenvalue weighted by Gasteiger charge is 2.10. The van der Waals surface area contributed by atoms with E-state index in [1.165, 1.54) is 0 Å². The zero-order valence-corrected chi connectivity index (χ0v) is 11.9. The number of aryl methyl sites for hydroxylation is 1. The molecule has 2 rings (SSSR count). The molecule has 0 unspecified atom stereocenters. The summed E-state index contributed by atoms with van der Waals surface area (Å²) >= 11 is 6.18. The van der Waals surface area contributed by atoms with Gasteiger partial charge >= 0.3 is 5.63 Å². The molecule has 2 aromatic rings. The van der Waals surface area contributed by atoms with Crippen LogP contribution in [-0.4, -0.2) is 6.61 Å². The average molecular weight is 281 g/mol. The molecule has 0 aliphatic rings. The lowest BCUT2D eigenvalue weighted by atomic mass is 10.0. The molecule has 0 saturated heterocycles. The summed E-state index contributed by atoms with van der Waals surface area (Å²) in [5.41, 5.74) is 1.19. The van der Waals surface area contributed by atoms with E-state index in [4.69, 9.17) is 20.8 Å². The lowest BCUT2D eigenvalue weighted by molar-refractivity contribution is 0.340. The van der Waals surface area contributed by atoms with Gasteiger partial charge in [-0.2, -0.15) is 0 Å². The summed E-state index contributed by atoms with van der Waals surface area (Å²) in [6.07, 6.45) is 2.96. The van der Waals surface area contributed by atoms with Gasteiger partial charge in [-0.1, -0.05) is 24.9 Å². The van der Waals surface area contributed by atoms with E-state index in [9.17, 15) is 4.79 Å². The van der Waals surface area contributed by atoms with Crippen LogP contribution in [0.2, 0.25) is 5.02 Å². The molecule has 0 aliphatic carbocycles. The largest absolute Gasteiger partial charge is 0.492 e. The van der Waals surface area contributed by atoms with Crippen LogP contribution in [0, 0.1) is 0 Å². The molecule has 0 amide bonds. The molecule has 1 aromatic carbocycles. The molecule has 0 fully saturated rings. The van der Waals surface area contributed by atoms with Crippen molar-refractivity contribution in [2.24, 2.45) is 0 Å². The molecule has 0 atom stereocenters. The Labute approximate surface area is 117 Å². The molecule has 1 aromatic heterocycles. The Balaban J connectivity index is 2.57. The molecule has 3 nitrogen and oxygen atoms in total. The molecule has 0 saturated carbocycles. The van der Waals surface area contributed by atoms with Crippen LogP contribution in [0.5, 0.6) is 5.75 Å². The zero-order valence-electron chi connectivity index (χ0n) is 11.2. The van der Waals surface area contributed by atoms with Crippen molar-refractivity contribution < 1.29 is 9.15 Å². The van der Waals surface area contributed by atoms with Crippen LogP contribution in [0.25, 0.3) is 11.0 Å². The van der Waals surface area contributed by atoms with E-state index in [2.05, 4.69) is 6.92 Å². The van der Waals surface area contributed by atoms with Gasteiger partial charge in [-0.25, -0.2) is 4.79 Å². The van der Waals surface area contributed by atoms with Crippen molar-refractivity contribution in [1.82, 2.24) is 0 Å². The highest BCUT2D eigenvalue weighted by Crippen LogP contribution is 2.31. The average Bonchev–Trinajstić information content (AvgIpc) is 2.38. The summed E-state index contributed by atoms with van der Waals surface area (Å²) in [6, 6.07) is 5.06. The lowest BCUT2D eigenvalue weighted by Gasteiger charge is -2.09. The van der Waals surface area contributed by atoms with Gasteiger partial charge in [-0.05, 0) is 31.4 Å². The third-order valence-corrected chi connectivity index (χ3v) is 3.28. The number of ether oxygens (including phenoxy) is 1. The van der Waals surface area contributed by atoms with Crippen LogP contribution in [0.3, 0.4) is 0 Å². The van der Waals surface area contributed by atoms with Crippen LogP contribution in [-0.2, 0) is 6.42 Å². The predicted molar refractivity (Wildman–Crippen MR) is 77.3 cm³/mol. The molecule has 0 radical (unpaired) electrons. The fraction of sp³-hybridized carbons (Fsp3) is 0.400. The Bertz CT molecular complexity index is 631. The molecule has 0 aliphatic heterocycles. The number of rotatable bonds is 5. The molecule has 4 heteroatoms. The number of fused-ring (bicyclic) bond motifs is 1. The third kappa shape index (κ3) is 3.10. The minimum absolute atomic E-state index is 0.330. The molecule has 102 valence electrons. The van der Waals surface area contributed by atoms with E-state index < -0.39 is 0 Å². The van der Waals surface area contributed by atoms with Crippen molar-refractivity contribution >= 4 is 22.6 Å². The van der Waals surface area contributed by atoms with Crippen molar-refractivity contribution in [1.29, 1.82) is 0 Å². The minimum Gasteiger partial charge on any atom is -0.492 e. The van der Waals surface area contributed by atoms with Crippen molar-refractivity contribution in [3.05, 3.63) is 39.2 Å². The van der Waals surface area contributed by atoms with Gasteiger partial charge in [0.1, 0.15) is 11.3 Å². The Morgan fingerprint density at radius 1 is 1.26 bits per heavy atom. The van der Waals surface area contributed by atoms with E-state index in [0.29, 0.717) is 23.0 Å². The van der Waals surface area contributed by atoms with Crippen molar-refractivity contribution in [3.63, 3.8) is 0 Å². The van der Waals surface area contributed by atoms with Gasteiger partial charge in [0, 0.05) is 17.5 Å². The Kier molecular flexibility index (Phi) is 4.48. The van der Waals surface area contributed by atoms with E-state index >= 15 is 0 Å². The number of benzene rings is 1. The number of hydrogen-bond donors (Lipinski definition) is 0. The minimum atomic E-state index is -0.330. The van der Waals surface area contributed by atoms with Gasteiger partial charge in [0.2, 0.25) is 0 Å². The molecule has 0 N–H and O–H groups in total. The first-order chi connectivity index (χ1) is 9.15. The number of hydrogen-bond acceptors (Lipinski definition) is 3. The van der Waals surface area contributed by atoms with Crippen LogP contribution < -0.4 is 10.4 Å². The summed E-state index contributed by atoms with van der Waals surface area (Å²) in [5, 5.41) is 1.43. The van der Waals surface area contributed by atoms with E-state index in [0.717, 1.165) is 30.2 Å². The smallest absolute Gasteiger partial charge is 0.336 e. The molecule has 1 heterocycles. The monoisotopic (exact) mass is 280 g/mol. The molecular weight excluding hydrogens is 264 g/mol. The van der Waals surface area contributed by atoms with Gasteiger partial charge < -0.3 is 9.15 Å². The SMILES string of the molecule is CCCCc1cc(=O)oc2cc(OCC)c(Cl)cc12. The molecule has 0 spiro atoms. The summed E-state index contributed by atoms with van der Waals surface area (Å²) in [5.74, 6) is 0.549. The zero-order chi connectivity index (χ0) is 13.8. The number of halogens is 1. The molecule has 0 bridgehead atoms. The Morgan fingerprint density at radius 2 is 2.05 bits per heavy atom. The van der Waals surface area contributed by atoms with Crippen molar-refractivity contribution in [2.75, 3.05) is 6.61 Å². The topological polar surface area (TPSA) is 39.4 Å². The van der Waals surface area contributed by atoms with Crippen molar-refractivity contribution in [2.45, 2.75) is 33.1 Å². The number of unbranched alkanes of at least 4 members (excludes halogenated alkanes) is 1. The Morgan fingerprint density at radius 3 is 2.74 bits per heavy atom. The second-order valence-electron chi connectivity index (χ2n) is 4.41. The normalized spacial score (nSPS) is 10.9. The lowest BCUT2D eigenvalue weighted by Crippen LogP contribution is -2.01. The van der Waals surface area contributed by atoms with Gasteiger partial charge in [-0.3, -0.25) is 0 Å². The highest BCUT2D eigenvalue weighted by molar-refractivity contribution is 6.32. The van der Waals surface area contributed by atoms with Gasteiger partial charge in [0.05, 0.1) is 11.6 Å². The second kappa shape index (κ2) is 6.11. The van der Waals surface area contributed by atoms with E-state index in [-0.39, 0.29) is 5.63 Å². The van der Waals surface area contributed by atoms with Crippen LogP contribution in [0.4, 0.5) is 0 Å². The summed E-state index contributed by atoms with van der Waals surface area (Å²) in [4.78, 5) is 11.6. The van der Waals surface area contributed by atoms with Gasteiger partial charge in [0.25, 0.3) is 0 Å². The summed E-state index contributed by atoms with van der Waals surface area (Å²) in [7, 11) is 0. The highest BCUT2D eigenvalue weighted by atomic mass is 35.5. The first kappa shape index (κ1) is 13.9. The third-order valence-electron chi connectivity index (χ3n) is 2.98. The maximum absolute atomic E-state index is 11.6. The van der Waals surface area contributed by atoms with Crippen LogP contribution >= 0.6 is 11.6 Å². The summed E-state index contributed by atoms with van der Waals surface area (Å²) in [6.45, 7) is 4.52. The van der Waals surface area contributed by atoms with Crippen LogP contribution in [0.15, 0.2) is 27.4 Å². The van der Waals surface area contributed by atoms with Gasteiger partial charge in [-0.15, -0.1) is 0 Å². The molecule has 19 heavy (non-hydrogen) atoms. The van der Waals surface area contributed by atoms with Crippen molar-refractivity contribution in [3.8, 4) is 5.75 Å². The predicted octanol–water partition coefficient (Wildman–Crippen LogP) is 4.19. The van der Waals surface area contributed by atoms with E-state index in [1.54, 1.807) is 12.1 Å². The quantitative estimate of drug-likeness (QED) is 0.771. The fourth-order valence-corrected chi connectivity index (χ4v) is 2.29. The fourth-order valence-electron chi connectivity index (χ4n) is 2.07. The van der Waals surface area contributed by atoms with Crippen LogP contribution in [0.1, 0.15) is 32.3 Å². The maximum atomic E-state index is 11.6. The standard InChI is InChI=1S/C15H17ClO3/c1-3-5-6-10-7-15(17)19-13-9-14(18-4-2)12(16)8-11(10)13/h7-9H,3-6H2,1-2H3. The Hall–Kier alpha value is -1.48. The molecular formula is C15H17ClO3. The first-order valence-electron chi connectivity index (χ1n) is 6.54. The summed E-state index contributed by atoms with van der Waals surface area (Å²) < 4.78 is 10.6. The van der Waals surface area contributed by atoms with Gasteiger partial charge in [0.15, 0.2) is 0 Å². The maximum Gasteiger partial charge on any atom is 0.336 e. The first-order valence-corrected chi connectivity index (χ1v) is 6.92. The second-order valence-corrected chi connectivity index (χ2v) is 4.81. The van der Waals surface area contributed by atoms with E-state index in [1.807, 2.05) is 13.0 Å².